The lowest BCUT2D eigenvalue weighted by atomic mass is 9.73. The number of piperidine rings is 1. The summed E-state index contributed by atoms with van der Waals surface area (Å²) in [6, 6.07) is 8.09. The standard InChI is InChI=1S/C23H29ClN4O3S/c24-17-3-1-16(2-4-17)23(15-29)8-10-28(11-9-23)22-26-19-7-14-32(30)20(19)21(27-22)25-18-5-12-31-13-6-18/h1-4,18,29H,5-15H2,(H,25,26,27). The van der Waals surface area contributed by atoms with Crippen molar-refractivity contribution in [3.63, 3.8) is 0 Å². The van der Waals surface area contributed by atoms with E-state index >= 15 is 0 Å². The van der Waals surface area contributed by atoms with Crippen molar-refractivity contribution in [2.45, 2.75) is 48.5 Å². The predicted molar refractivity (Wildman–Crippen MR) is 126 cm³/mol. The van der Waals surface area contributed by atoms with Gasteiger partial charge in [0.1, 0.15) is 10.7 Å². The average Bonchev–Trinajstić information content (AvgIpc) is 3.21. The average molecular weight is 477 g/mol. The topological polar surface area (TPSA) is 87.6 Å². The van der Waals surface area contributed by atoms with Crippen molar-refractivity contribution in [1.29, 1.82) is 0 Å². The molecule has 1 aromatic carbocycles. The molecule has 4 heterocycles. The monoisotopic (exact) mass is 476 g/mol. The minimum absolute atomic E-state index is 0.100. The number of fused-ring (bicyclic) bond motifs is 1. The van der Waals surface area contributed by atoms with E-state index in [1.807, 2.05) is 24.3 Å². The van der Waals surface area contributed by atoms with Crippen LogP contribution < -0.4 is 10.2 Å². The van der Waals surface area contributed by atoms with Crippen LogP contribution >= 0.6 is 11.6 Å². The summed E-state index contributed by atoms with van der Waals surface area (Å²) in [7, 11) is -1.05. The summed E-state index contributed by atoms with van der Waals surface area (Å²) in [6.07, 6.45) is 4.18. The summed E-state index contributed by atoms with van der Waals surface area (Å²) in [5.41, 5.74) is 1.75. The van der Waals surface area contributed by atoms with Crippen LogP contribution in [-0.4, -0.2) is 64.0 Å². The highest BCUT2D eigenvalue weighted by molar-refractivity contribution is 7.85. The van der Waals surface area contributed by atoms with Crippen molar-refractivity contribution >= 4 is 34.2 Å². The lowest BCUT2D eigenvalue weighted by molar-refractivity contribution is 0.0903. The van der Waals surface area contributed by atoms with Gasteiger partial charge in [-0.2, -0.15) is 4.98 Å². The Kier molecular flexibility index (Phi) is 6.38. The van der Waals surface area contributed by atoms with Crippen molar-refractivity contribution < 1.29 is 14.1 Å². The Morgan fingerprint density at radius 2 is 1.91 bits per heavy atom. The number of aliphatic hydroxyl groups is 1. The summed E-state index contributed by atoms with van der Waals surface area (Å²) in [5, 5.41) is 14.5. The number of nitrogens with zero attached hydrogens (tertiary/aromatic N) is 3. The minimum atomic E-state index is -1.05. The van der Waals surface area contributed by atoms with E-state index in [-0.39, 0.29) is 18.1 Å². The second kappa shape index (κ2) is 9.25. The van der Waals surface area contributed by atoms with Gasteiger partial charge in [0.25, 0.3) is 0 Å². The molecule has 1 aromatic heterocycles. The third-order valence-corrected chi connectivity index (χ3v) is 8.71. The first-order valence-electron chi connectivity index (χ1n) is 11.3. The van der Waals surface area contributed by atoms with Gasteiger partial charge in [-0.05, 0) is 43.4 Å². The number of aliphatic hydroxyl groups excluding tert-OH is 1. The zero-order valence-corrected chi connectivity index (χ0v) is 19.6. The van der Waals surface area contributed by atoms with Crippen LogP contribution in [0.3, 0.4) is 0 Å². The Morgan fingerprint density at radius 3 is 2.59 bits per heavy atom. The smallest absolute Gasteiger partial charge is 0.227 e. The van der Waals surface area contributed by atoms with Crippen molar-refractivity contribution in [2.24, 2.45) is 0 Å². The fourth-order valence-corrected chi connectivity index (χ4v) is 6.37. The van der Waals surface area contributed by atoms with E-state index in [1.54, 1.807) is 0 Å². The van der Waals surface area contributed by atoms with Gasteiger partial charge < -0.3 is 20.1 Å². The third kappa shape index (κ3) is 4.25. The highest BCUT2D eigenvalue weighted by Gasteiger charge is 2.37. The lowest BCUT2D eigenvalue weighted by Gasteiger charge is -2.41. The molecule has 0 bridgehead atoms. The Hall–Kier alpha value is -1.74. The molecule has 3 aliphatic rings. The number of halogens is 1. The molecular weight excluding hydrogens is 448 g/mol. The Labute approximate surface area is 196 Å². The molecule has 0 spiro atoms. The predicted octanol–water partition coefficient (Wildman–Crippen LogP) is 2.92. The van der Waals surface area contributed by atoms with Gasteiger partial charge >= 0.3 is 0 Å². The van der Waals surface area contributed by atoms with Crippen LogP contribution in [0.1, 0.15) is 36.9 Å². The van der Waals surface area contributed by atoms with E-state index in [0.717, 1.165) is 80.4 Å². The van der Waals surface area contributed by atoms with Crippen LogP contribution in [-0.2, 0) is 27.4 Å². The third-order valence-electron chi connectivity index (χ3n) is 7.00. The minimum Gasteiger partial charge on any atom is -0.395 e. The molecule has 0 radical (unpaired) electrons. The molecule has 1 atom stereocenters. The summed E-state index contributed by atoms with van der Waals surface area (Å²) in [6.45, 7) is 3.08. The van der Waals surface area contributed by atoms with E-state index in [2.05, 4.69) is 10.2 Å². The van der Waals surface area contributed by atoms with Crippen molar-refractivity contribution in [2.75, 3.05) is 48.9 Å². The Morgan fingerprint density at radius 1 is 1.19 bits per heavy atom. The molecule has 32 heavy (non-hydrogen) atoms. The fraction of sp³-hybridized carbons (Fsp3) is 0.565. The first-order chi connectivity index (χ1) is 15.6. The molecule has 9 heteroatoms. The molecule has 0 saturated carbocycles. The zero-order valence-electron chi connectivity index (χ0n) is 18.1. The number of hydrogen-bond donors (Lipinski definition) is 2. The number of anilines is 2. The number of ether oxygens (including phenoxy) is 1. The van der Waals surface area contributed by atoms with E-state index in [0.29, 0.717) is 16.7 Å². The maximum atomic E-state index is 12.6. The normalized spacial score (nSPS) is 23.2. The van der Waals surface area contributed by atoms with Crippen LogP contribution in [0.2, 0.25) is 5.02 Å². The van der Waals surface area contributed by atoms with Crippen LogP contribution in [0, 0.1) is 0 Å². The van der Waals surface area contributed by atoms with E-state index in [4.69, 9.17) is 26.3 Å². The van der Waals surface area contributed by atoms with Crippen LogP contribution in [0.4, 0.5) is 11.8 Å². The second-order valence-electron chi connectivity index (χ2n) is 8.91. The number of benzene rings is 1. The SMILES string of the molecule is O=S1CCc2nc(N3CCC(CO)(c4ccc(Cl)cc4)CC3)nc(NC3CCOCC3)c21. The van der Waals surface area contributed by atoms with E-state index < -0.39 is 10.8 Å². The van der Waals surface area contributed by atoms with Gasteiger partial charge in [-0.25, -0.2) is 4.98 Å². The molecular formula is C23H29ClN4O3S. The summed E-state index contributed by atoms with van der Waals surface area (Å²) in [5.74, 6) is 2.03. The van der Waals surface area contributed by atoms with Gasteiger partial charge in [-0.1, -0.05) is 23.7 Å². The molecule has 7 nitrogen and oxygen atoms in total. The molecule has 0 aliphatic carbocycles. The maximum absolute atomic E-state index is 12.6. The van der Waals surface area contributed by atoms with E-state index in [1.165, 1.54) is 0 Å². The number of aromatic nitrogens is 2. The molecule has 3 aliphatic heterocycles. The number of rotatable bonds is 5. The fourth-order valence-electron chi connectivity index (χ4n) is 4.93. The van der Waals surface area contributed by atoms with Crippen LogP contribution in [0.5, 0.6) is 0 Å². The van der Waals surface area contributed by atoms with Crippen LogP contribution in [0.25, 0.3) is 0 Å². The first-order valence-corrected chi connectivity index (χ1v) is 13.0. The Bertz CT molecular complexity index is 989. The number of hydrogen-bond acceptors (Lipinski definition) is 7. The van der Waals surface area contributed by atoms with Crippen molar-refractivity contribution in [3.8, 4) is 0 Å². The lowest BCUT2D eigenvalue weighted by Crippen LogP contribution is -2.45. The van der Waals surface area contributed by atoms with Crippen molar-refractivity contribution in [3.05, 3.63) is 40.5 Å². The van der Waals surface area contributed by atoms with Crippen molar-refractivity contribution in [1.82, 2.24) is 9.97 Å². The molecule has 2 N–H and O–H groups in total. The summed E-state index contributed by atoms with van der Waals surface area (Å²) >= 11 is 6.06. The zero-order chi connectivity index (χ0) is 22.1. The number of nitrogens with one attached hydrogen (secondary N) is 1. The van der Waals surface area contributed by atoms with Gasteiger partial charge in [0.05, 0.1) is 23.1 Å². The van der Waals surface area contributed by atoms with Gasteiger partial charge in [0.2, 0.25) is 5.95 Å². The Balaban J connectivity index is 1.38. The van der Waals surface area contributed by atoms with E-state index in [9.17, 15) is 9.32 Å². The molecule has 0 amide bonds. The molecule has 172 valence electrons. The molecule has 2 fully saturated rings. The molecule has 2 saturated heterocycles. The quantitative estimate of drug-likeness (QED) is 0.686. The summed E-state index contributed by atoms with van der Waals surface area (Å²) in [4.78, 5) is 12.7. The highest BCUT2D eigenvalue weighted by atomic mass is 35.5. The maximum Gasteiger partial charge on any atom is 0.227 e. The molecule has 1 unspecified atom stereocenters. The number of aryl methyl sites for hydroxylation is 1. The van der Waals surface area contributed by atoms with Gasteiger partial charge in [-0.3, -0.25) is 4.21 Å². The first kappa shape index (κ1) is 22.1. The van der Waals surface area contributed by atoms with Gasteiger partial charge in [0, 0.05) is 55.0 Å². The summed E-state index contributed by atoms with van der Waals surface area (Å²) < 4.78 is 18.1. The second-order valence-corrected chi connectivity index (χ2v) is 10.9. The van der Waals surface area contributed by atoms with Gasteiger partial charge in [-0.15, -0.1) is 0 Å². The molecule has 5 rings (SSSR count). The highest BCUT2D eigenvalue weighted by Crippen LogP contribution is 2.38. The largest absolute Gasteiger partial charge is 0.395 e. The van der Waals surface area contributed by atoms with Gasteiger partial charge in [0.15, 0.2) is 0 Å². The van der Waals surface area contributed by atoms with Crippen LogP contribution in [0.15, 0.2) is 29.2 Å². The molecule has 2 aromatic rings.